The van der Waals surface area contributed by atoms with Crippen molar-refractivity contribution in [3.63, 3.8) is 0 Å². The van der Waals surface area contributed by atoms with E-state index in [1.807, 2.05) is 0 Å². The van der Waals surface area contributed by atoms with Crippen LogP contribution in [0.2, 0.25) is 0 Å². The van der Waals surface area contributed by atoms with Gasteiger partial charge in [0.2, 0.25) is 0 Å². The van der Waals surface area contributed by atoms with Gasteiger partial charge in [-0.15, -0.1) is 0 Å². The van der Waals surface area contributed by atoms with Crippen LogP contribution in [0.1, 0.15) is 6.42 Å². The van der Waals surface area contributed by atoms with Gasteiger partial charge in [-0.3, -0.25) is 0 Å². The maximum Gasteiger partial charge on any atom is 0.287 e. The van der Waals surface area contributed by atoms with Crippen molar-refractivity contribution in [1.29, 1.82) is 0 Å². The van der Waals surface area contributed by atoms with E-state index in [9.17, 15) is 0 Å². The average molecular weight is 192 g/mol. The number of rotatable bonds is 6. The molecule has 13 heavy (non-hydrogen) atoms. The highest BCUT2D eigenvalue weighted by atomic mass is 16.9. The SMILES string of the molecule is COC(CC[N+](C)(C)C)(OC)OC. The van der Waals surface area contributed by atoms with Gasteiger partial charge in [-0.05, 0) is 0 Å². The van der Waals surface area contributed by atoms with E-state index in [1.165, 1.54) is 0 Å². The molecule has 0 spiro atoms. The number of nitrogens with zero attached hydrogens (tertiary/aromatic N) is 1. The molecule has 0 aromatic rings. The molecule has 4 nitrogen and oxygen atoms in total. The monoisotopic (exact) mass is 192 g/mol. The Morgan fingerprint density at radius 2 is 1.31 bits per heavy atom. The van der Waals surface area contributed by atoms with Gasteiger partial charge in [-0.25, -0.2) is 0 Å². The molecule has 0 aliphatic carbocycles. The third-order valence-electron chi connectivity index (χ3n) is 2.02. The van der Waals surface area contributed by atoms with Gasteiger partial charge in [0, 0.05) is 21.3 Å². The molecule has 0 radical (unpaired) electrons. The standard InChI is InChI=1S/C9H22NO3/c1-10(2,3)8-7-9(11-4,12-5)13-6/h7-8H2,1-6H3/q+1. The third kappa shape index (κ3) is 4.57. The molecule has 0 bridgehead atoms. The van der Waals surface area contributed by atoms with Gasteiger partial charge in [-0.2, -0.15) is 0 Å². The Balaban J connectivity index is 4.11. The van der Waals surface area contributed by atoms with E-state index in [1.54, 1.807) is 21.3 Å². The Bertz CT molecular complexity index is 130. The lowest BCUT2D eigenvalue weighted by Gasteiger charge is -2.32. The van der Waals surface area contributed by atoms with Crippen LogP contribution < -0.4 is 0 Å². The van der Waals surface area contributed by atoms with Crippen LogP contribution in [0.15, 0.2) is 0 Å². The van der Waals surface area contributed by atoms with Crippen molar-refractivity contribution in [3.05, 3.63) is 0 Å². The number of methoxy groups -OCH3 is 3. The average Bonchev–Trinajstić information content (AvgIpc) is 2.06. The maximum absolute atomic E-state index is 5.18. The zero-order valence-electron chi connectivity index (χ0n) is 9.59. The molecule has 0 heterocycles. The smallest absolute Gasteiger partial charge is 0.287 e. The zero-order chi connectivity index (χ0) is 10.5. The molecule has 0 aromatic carbocycles. The van der Waals surface area contributed by atoms with Crippen LogP contribution >= 0.6 is 0 Å². The van der Waals surface area contributed by atoms with E-state index in [2.05, 4.69) is 21.1 Å². The number of hydrogen-bond donors (Lipinski definition) is 0. The van der Waals surface area contributed by atoms with Gasteiger partial charge in [0.1, 0.15) is 0 Å². The summed E-state index contributed by atoms with van der Waals surface area (Å²) in [5.74, 6) is -0.883. The normalized spacial score (nSPS) is 13.4. The Hall–Kier alpha value is -0.160. The van der Waals surface area contributed by atoms with Crippen LogP contribution in [-0.4, -0.2) is 59.5 Å². The first-order valence-corrected chi connectivity index (χ1v) is 4.35. The highest BCUT2D eigenvalue weighted by molar-refractivity contribution is 4.54. The number of hydrogen-bond acceptors (Lipinski definition) is 3. The van der Waals surface area contributed by atoms with Gasteiger partial charge in [0.15, 0.2) is 0 Å². The molecule has 0 unspecified atom stereocenters. The summed E-state index contributed by atoms with van der Waals surface area (Å²) in [5.41, 5.74) is 0. The minimum Gasteiger partial charge on any atom is -0.331 e. The summed E-state index contributed by atoms with van der Waals surface area (Å²) in [6.45, 7) is 0.926. The van der Waals surface area contributed by atoms with Crippen molar-refractivity contribution >= 4 is 0 Å². The topological polar surface area (TPSA) is 27.7 Å². The molecule has 0 aliphatic rings. The molecular weight excluding hydrogens is 170 g/mol. The van der Waals surface area contributed by atoms with E-state index in [0.717, 1.165) is 11.0 Å². The van der Waals surface area contributed by atoms with Crippen molar-refractivity contribution < 1.29 is 18.7 Å². The molecule has 0 saturated carbocycles. The Labute approximate surface area is 81.0 Å². The summed E-state index contributed by atoms with van der Waals surface area (Å²) in [6.07, 6.45) is 0.708. The molecule has 0 atom stereocenters. The van der Waals surface area contributed by atoms with Crippen LogP contribution in [0, 0.1) is 0 Å². The number of ether oxygens (including phenoxy) is 3. The first-order valence-electron chi connectivity index (χ1n) is 4.35. The molecular formula is C9H22NO3+. The Morgan fingerprint density at radius 3 is 1.54 bits per heavy atom. The first kappa shape index (κ1) is 12.8. The summed E-state index contributed by atoms with van der Waals surface area (Å²) in [4.78, 5) is 0. The van der Waals surface area contributed by atoms with Crippen LogP contribution in [-0.2, 0) is 14.2 Å². The van der Waals surface area contributed by atoms with Crippen molar-refractivity contribution in [2.24, 2.45) is 0 Å². The summed E-state index contributed by atoms with van der Waals surface area (Å²) in [6, 6.07) is 0. The van der Waals surface area contributed by atoms with Crippen molar-refractivity contribution in [3.8, 4) is 0 Å². The van der Waals surface area contributed by atoms with E-state index in [0.29, 0.717) is 6.42 Å². The fourth-order valence-electron chi connectivity index (χ4n) is 1.03. The van der Waals surface area contributed by atoms with Gasteiger partial charge in [0.25, 0.3) is 5.97 Å². The maximum atomic E-state index is 5.18. The van der Waals surface area contributed by atoms with Gasteiger partial charge in [0.05, 0.1) is 34.1 Å². The second-order valence-electron chi connectivity index (χ2n) is 4.06. The minimum atomic E-state index is -0.883. The molecule has 0 aromatic heterocycles. The lowest BCUT2D eigenvalue weighted by atomic mass is 10.3. The molecule has 0 fully saturated rings. The van der Waals surface area contributed by atoms with E-state index in [4.69, 9.17) is 14.2 Å². The minimum absolute atomic E-state index is 0.708. The highest BCUT2D eigenvalue weighted by Gasteiger charge is 2.31. The summed E-state index contributed by atoms with van der Waals surface area (Å²) < 4.78 is 16.4. The van der Waals surface area contributed by atoms with Gasteiger partial charge in [-0.1, -0.05) is 0 Å². The van der Waals surface area contributed by atoms with Crippen LogP contribution in [0.25, 0.3) is 0 Å². The summed E-state index contributed by atoms with van der Waals surface area (Å²) in [5, 5.41) is 0. The lowest BCUT2D eigenvalue weighted by molar-refractivity contribution is -0.872. The van der Waals surface area contributed by atoms with Crippen LogP contribution in [0.3, 0.4) is 0 Å². The van der Waals surface area contributed by atoms with Crippen molar-refractivity contribution in [1.82, 2.24) is 0 Å². The first-order chi connectivity index (χ1) is 5.89. The molecule has 0 aliphatic heterocycles. The Morgan fingerprint density at radius 1 is 0.923 bits per heavy atom. The largest absolute Gasteiger partial charge is 0.331 e. The molecule has 0 rings (SSSR count). The quantitative estimate of drug-likeness (QED) is 0.457. The molecule has 0 N–H and O–H groups in total. The second-order valence-corrected chi connectivity index (χ2v) is 4.06. The van der Waals surface area contributed by atoms with E-state index >= 15 is 0 Å². The summed E-state index contributed by atoms with van der Waals surface area (Å²) >= 11 is 0. The highest BCUT2D eigenvalue weighted by Crippen LogP contribution is 2.17. The lowest BCUT2D eigenvalue weighted by Crippen LogP contribution is -2.44. The number of quaternary nitrogens is 1. The fourth-order valence-corrected chi connectivity index (χ4v) is 1.03. The second kappa shape index (κ2) is 4.91. The summed E-state index contributed by atoms with van der Waals surface area (Å²) in [7, 11) is 11.1. The van der Waals surface area contributed by atoms with Gasteiger partial charge >= 0.3 is 0 Å². The molecule has 0 amide bonds. The predicted molar refractivity (Wildman–Crippen MR) is 51.3 cm³/mol. The predicted octanol–water partition coefficient (Wildman–Crippen LogP) is 0.676. The molecule has 0 saturated heterocycles. The van der Waals surface area contributed by atoms with Crippen LogP contribution in [0.5, 0.6) is 0 Å². The zero-order valence-corrected chi connectivity index (χ0v) is 9.59. The van der Waals surface area contributed by atoms with Crippen molar-refractivity contribution in [2.75, 3.05) is 49.0 Å². The fraction of sp³-hybridized carbons (Fsp3) is 1.00. The Kier molecular flexibility index (Phi) is 4.85. The molecule has 4 heteroatoms. The van der Waals surface area contributed by atoms with Crippen LogP contribution in [0.4, 0.5) is 0 Å². The van der Waals surface area contributed by atoms with Gasteiger partial charge < -0.3 is 18.7 Å². The van der Waals surface area contributed by atoms with E-state index < -0.39 is 5.97 Å². The molecule has 80 valence electrons. The van der Waals surface area contributed by atoms with Crippen molar-refractivity contribution in [2.45, 2.75) is 12.4 Å². The van der Waals surface area contributed by atoms with E-state index in [-0.39, 0.29) is 0 Å². The third-order valence-corrected chi connectivity index (χ3v) is 2.02.